The number of rotatable bonds is 3. The number of fused-ring (bicyclic) bond motifs is 15. The van der Waals surface area contributed by atoms with E-state index in [0.717, 1.165) is 40.6 Å². The molecular formula is C63H55BN2OS. The van der Waals surface area contributed by atoms with Gasteiger partial charge in [-0.3, -0.25) is 0 Å². The van der Waals surface area contributed by atoms with Gasteiger partial charge in [0.2, 0.25) is 0 Å². The van der Waals surface area contributed by atoms with E-state index < -0.39 is 0 Å². The van der Waals surface area contributed by atoms with Crippen molar-refractivity contribution < 1.29 is 4.42 Å². The lowest BCUT2D eigenvalue weighted by molar-refractivity contribution is 0.331. The summed E-state index contributed by atoms with van der Waals surface area (Å²) in [6.07, 6.45) is 2.39. The Hall–Kier alpha value is -6.56. The fourth-order valence-corrected chi connectivity index (χ4v) is 13.9. The Kier molecular flexibility index (Phi) is 7.96. The fourth-order valence-electron chi connectivity index (χ4n) is 12.8. The van der Waals surface area contributed by atoms with E-state index in [4.69, 9.17) is 4.42 Å². The van der Waals surface area contributed by atoms with E-state index in [1.165, 1.54) is 122 Å². The van der Waals surface area contributed by atoms with Crippen LogP contribution in [0.15, 0.2) is 138 Å². The number of nitrogens with one attached hydrogen (secondary N) is 1. The zero-order chi connectivity index (χ0) is 46.4. The number of para-hydroxylation sites is 1. The molecule has 0 atom stereocenters. The fraction of sp³-hybridized carbons (Fsp3) is 0.238. The molecule has 3 aromatic heterocycles. The predicted molar refractivity (Wildman–Crippen MR) is 294 cm³/mol. The maximum atomic E-state index is 6.58. The second-order valence-corrected chi connectivity index (χ2v) is 24.4. The van der Waals surface area contributed by atoms with Gasteiger partial charge in [0, 0.05) is 69.9 Å². The highest BCUT2D eigenvalue weighted by atomic mass is 32.1. The largest absolute Gasteiger partial charge is 0.456 e. The molecule has 0 saturated carbocycles. The normalized spacial score (nSPS) is 16.4. The molecule has 1 aliphatic heterocycles. The van der Waals surface area contributed by atoms with Gasteiger partial charge < -0.3 is 14.3 Å². The van der Waals surface area contributed by atoms with Gasteiger partial charge in [-0.2, -0.15) is 0 Å². The number of thiophene rings is 1. The third kappa shape index (κ3) is 5.54. The summed E-state index contributed by atoms with van der Waals surface area (Å²) < 4.78 is 11.8. The lowest BCUT2D eigenvalue weighted by Gasteiger charge is -2.42. The molecular weight excluding hydrogens is 844 g/mol. The molecule has 1 N–H and O–H groups in total. The van der Waals surface area contributed by atoms with E-state index in [1.54, 1.807) is 0 Å². The summed E-state index contributed by atoms with van der Waals surface area (Å²) in [4.78, 5) is 0. The molecule has 0 amide bonds. The molecule has 4 heterocycles. The van der Waals surface area contributed by atoms with Crippen LogP contribution in [0.4, 0.5) is 11.4 Å². The maximum absolute atomic E-state index is 6.58. The van der Waals surface area contributed by atoms with Gasteiger partial charge in [0.05, 0.1) is 5.52 Å². The lowest BCUT2D eigenvalue weighted by atomic mass is 9.59. The zero-order valence-electron chi connectivity index (χ0n) is 40.6. The summed E-state index contributed by atoms with van der Waals surface area (Å²) in [5.41, 5.74) is 23.2. The van der Waals surface area contributed by atoms with Crippen molar-refractivity contribution in [2.24, 2.45) is 0 Å². The molecule has 3 aliphatic rings. The van der Waals surface area contributed by atoms with Gasteiger partial charge in [-0.15, -0.1) is 11.3 Å². The summed E-state index contributed by atoms with van der Waals surface area (Å²) in [5.74, 6) is 0. The summed E-state index contributed by atoms with van der Waals surface area (Å²) in [5, 5.41) is 11.5. The van der Waals surface area contributed by atoms with E-state index in [-0.39, 0.29) is 21.7 Å². The van der Waals surface area contributed by atoms with Gasteiger partial charge in [-0.25, -0.2) is 0 Å². The summed E-state index contributed by atoms with van der Waals surface area (Å²) in [6, 6.07) is 51.3. The lowest BCUT2D eigenvalue weighted by Crippen LogP contribution is -2.37. The third-order valence-electron chi connectivity index (χ3n) is 16.8. The Morgan fingerprint density at radius 2 is 1.26 bits per heavy atom. The molecule has 0 fully saturated rings. The minimum absolute atomic E-state index is 0.0682. The van der Waals surface area contributed by atoms with Crippen LogP contribution >= 0.6 is 11.3 Å². The average Bonchev–Trinajstić information content (AvgIpc) is 4.02. The number of benzene rings is 8. The maximum Gasteiger partial charge on any atom is 0.198 e. The highest BCUT2D eigenvalue weighted by molar-refractivity contribution is 7.25. The Balaban J connectivity index is 1.06. The van der Waals surface area contributed by atoms with E-state index in [0.29, 0.717) is 0 Å². The van der Waals surface area contributed by atoms with Crippen molar-refractivity contribution >= 4 is 105 Å². The number of furan rings is 1. The first kappa shape index (κ1) is 40.5. The Labute approximate surface area is 403 Å². The molecule has 0 spiro atoms. The van der Waals surface area contributed by atoms with E-state index >= 15 is 0 Å². The number of anilines is 2. The van der Waals surface area contributed by atoms with Crippen molar-refractivity contribution in [3.05, 3.63) is 161 Å². The van der Waals surface area contributed by atoms with Crippen molar-refractivity contribution in [1.29, 1.82) is 0 Å². The van der Waals surface area contributed by atoms with Gasteiger partial charge in [-0.1, -0.05) is 141 Å². The van der Waals surface area contributed by atoms with Crippen LogP contribution in [0.5, 0.6) is 0 Å². The number of aromatic nitrogens is 1. The topological polar surface area (TPSA) is 30.1 Å². The molecule has 3 nitrogen and oxygen atoms in total. The van der Waals surface area contributed by atoms with Crippen molar-refractivity contribution in [2.45, 2.75) is 96.8 Å². The van der Waals surface area contributed by atoms with Gasteiger partial charge in [0.25, 0.3) is 0 Å². The van der Waals surface area contributed by atoms with Crippen LogP contribution < -0.4 is 16.2 Å². The Bertz CT molecular complexity index is 4030. The summed E-state index contributed by atoms with van der Waals surface area (Å²) in [6.45, 7) is 21.6. The molecule has 0 bridgehead atoms. The van der Waals surface area contributed by atoms with Crippen LogP contribution in [0.2, 0.25) is 0 Å². The minimum atomic E-state index is -0.179. The van der Waals surface area contributed by atoms with Gasteiger partial charge in [-0.05, 0) is 145 Å². The quantitative estimate of drug-likeness (QED) is 0.179. The Morgan fingerprint density at radius 3 is 2.04 bits per heavy atom. The first-order valence-electron chi connectivity index (χ1n) is 24.7. The molecule has 68 heavy (non-hydrogen) atoms. The zero-order valence-corrected chi connectivity index (χ0v) is 41.4. The smallest absolute Gasteiger partial charge is 0.198 e. The van der Waals surface area contributed by atoms with E-state index in [2.05, 4.69) is 206 Å². The summed E-state index contributed by atoms with van der Waals surface area (Å²) >= 11 is 1.90. The first-order valence-corrected chi connectivity index (χ1v) is 25.5. The molecule has 0 unspecified atom stereocenters. The van der Waals surface area contributed by atoms with Crippen molar-refractivity contribution in [3.8, 4) is 27.9 Å². The van der Waals surface area contributed by atoms with Crippen molar-refractivity contribution in [1.82, 2.24) is 4.57 Å². The number of hydrogen-bond donors (Lipinski definition) is 1. The molecule has 332 valence electrons. The molecule has 2 aliphatic carbocycles. The molecule has 14 rings (SSSR count). The molecule has 11 aromatic rings. The standard InChI is InChI=1S/C63H55BN2OS/c1-60(2,3)34-18-20-35(21-19-34)65-51-32-47-40(41-27-48-49(31-46(41)63(47,8)9)62(6,7)25-24-61(48,4)5)26-42(51)38-22-23-39-43-30-55-44(36-14-10-12-16-54(36)67-55)29-52(43)66-53-33-57-45(28-50(53)64-58(38)59(39)66)37-15-11-13-17-56(37)68-57/h10-23,26-33,64-65H,24-25H2,1-9H3. The minimum Gasteiger partial charge on any atom is -0.456 e. The second-order valence-electron chi connectivity index (χ2n) is 23.3. The average molecular weight is 899 g/mol. The number of nitrogens with zero attached hydrogens (tertiary/aromatic N) is 1. The van der Waals surface area contributed by atoms with Crippen LogP contribution in [0.3, 0.4) is 0 Å². The van der Waals surface area contributed by atoms with Crippen LogP contribution in [0, 0.1) is 0 Å². The van der Waals surface area contributed by atoms with Crippen LogP contribution in [0.1, 0.15) is 103 Å². The Morgan fingerprint density at radius 1 is 0.559 bits per heavy atom. The van der Waals surface area contributed by atoms with Crippen LogP contribution in [0.25, 0.3) is 91.9 Å². The molecule has 5 heteroatoms. The molecule has 8 aromatic carbocycles. The molecule has 0 radical (unpaired) electrons. The first-order chi connectivity index (χ1) is 32.5. The van der Waals surface area contributed by atoms with Crippen molar-refractivity contribution in [2.75, 3.05) is 5.32 Å². The SMILES string of the molecule is CC(C)(C)c1ccc(Nc2cc3c(cc2-c2ccc4c5cc6oc7ccccc7c6cc5n5c4c2Bc2cc4c(cc2-5)sc2ccccc24)-c2cc4c(cc2C3(C)C)C(C)(C)CCC4(C)C)cc1. The highest BCUT2D eigenvalue weighted by Gasteiger charge is 2.43. The highest BCUT2D eigenvalue weighted by Crippen LogP contribution is 2.56. The van der Waals surface area contributed by atoms with E-state index in [1.807, 2.05) is 11.3 Å². The van der Waals surface area contributed by atoms with Gasteiger partial charge in [0.15, 0.2) is 7.28 Å². The third-order valence-corrected chi connectivity index (χ3v) is 18.0. The second kappa shape index (κ2) is 13.4. The predicted octanol–water partition coefficient (Wildman–Crippen LogP) is 16.1. The van der Waals surface area contributed by atoms with E-state index in [9.17, 15) is 0 Å². The molecule has 0 saturated heterocycles. The van der Waals surface area contributed by atoms with Crippen LogP contribution in [-0.2, 0) is 21.7 Å². The number of hydrogen-bond acceptors (Lipinski definition) is 3. The monoisotopic (exact) mass is 898 g/mol. The summed E-state index contributed by atoms with van der Waals surface area (Å²) in [7, 11) is 0.827. The van der Waals surface area contributed by atoms with Crippen molar-refractivity contribution in [3.63, 3.8) is 0 Å². The van der Waals surface area contributed by atoms with Gasteiger partial charge >= 0.3 is 0 Å². The van der Waals surface area contributed by atoms with Gasteiger partial charge in [0.1, 0.15) is 11.2 Å². The van der Waals surface area contributed by atoms with Crippen LogP contribution in [-0.4, -0.2) is 11.8 Å².